The Balaban J connectivity index is 1.65. The Morgan fingerprint density at radius 3 is 2.42 bits per heavy atom. The lowest BCUT2D eigenvalue weighted by Gasteiger charge is -2.17. The third kappa shape index (κ3) is 3.72. The minimum atomic E-state index is -0.970. The van der Waals surface area contributed by atoms with E-state index in [-0.39, 0.29) is 11.8 Å². The van der Waals surface area contributed by atoms with Crippen molar-refractivity contribution in [1.82, 2.24) is 5.32 Å². The van der Waals surface area contributed by atoms with Crippen molar-refractivity contribution in [3.05, 3.63) is 59.7 Å². The second-order valence-corrected chi connectivity index (χ2v) is 6.57. The molecule has 1 saturated carbocycles. The molecule has 2 aromatic rings. The van der Waals surface area contributed by atoms with Gasteiger partial charge in [-0.1, -0.05) is 36.4 Å². The second kappa shape index (κ2) is 7.60. The molecule has 0 heterocycles. The molecule has 0 atom stereocenters. The van der Waals surface area contributed by atoms with E-state index in [1.165, 1.54) is 0 Å². The second-order valence-electron chi connectivity index (χ2n) is 6.57. The Kier molecular flexibility index (Phi) is 5.26. The van der Waals surface area contributed by atoms with E-state index < -0.39 is 5.41 Å². The normalized spacial score (nSPS) is 14.4. The largest absolute Gasteiger partial charge is 0.492 e. The molecule has 136 valence electrons. The molecule has 26 heavy (non-hydrogen) atoms. The number of hydrogen-bond acceptors (Lipinski definition) is 3. The number of rotatable bonds is 7. The van der Waals surface area contributed by atoms with E-state index in [2.05, 4.69) is 10.6 Å². The first-order valence-electron chi connectivity index (χ1n) is 8.93. The van der Waals surface area contributed by atoms with Crippen LogP contribution in [0.4, 0.5) is 5.69 Å². The van der Waals surface area contributed by atoms with Gasteiger partial charge in [0.2, 0.25) is 11.8 Å². The zero-order valence-electron chi connectivity index (χ0n) is 15.2. The van der Waals surface area contributed by atoms with Crippen molar-refractivity contribution in [2.75, 3.05) is 11.9 Å². The Bertz CT molecular complexity index is 812. The summed E-state index contributed by atoms with van der Waals surface area (Å²) < 4.78 is 5.53. The van der Waals surface area contributed by atoms with E-state index in [1.54, 1.807) is 12.1 Å². The predicted octanol–water partition coefficient (Wildman–Crippen LogP) is 3.43. The summed E-state index contributed by atoms with van der Waals surface area (Å²) in [5.41, 5.74) is 1.80. The molecule has 5 heteroatoms. The maximum absolute atomic E-state index is 12.7. The van der Waals surface area contributed by atoms with Crippen LogP contribution in [0.15, 0.2) is 48.5 Å². The van der Waals surface area contributed by atoms with Gasteiger partial charge in [0.25, 0.3) is 0 Å². The molecule has 1 fully saturated rings. The van der Waals surface area contributed by atoms with E-state index in [0.717, 1.165) is 11.1 Å². The number of aryl methyl sites for hydroxylation is 1. The number of ether oxygens (including phenoxy) is 1. The van der Waals surface area contributed by atoms with Crippen LogP contribution in [-0.4, -0.2) is 18.4 Å². The standard InChI is InChI=1S/C21H24N2O3/c1-3-26-18-11-7-6-10-17(18)23-20(25)21(12-13-21)19(24)22-14-16-9-5-4-8-15(16)2/h4-11H,3,12-14H2,1-2H3,(H,22,24)(H,23,25). The van der Waals surface area contributed by atoms with E-state index in [1.807, 2.05) is 50.2 Å². The van der Waals surface area contributed by atoms with Gasteiger partial charge in [0.1, 0.15) is 11.2 Å². The fourth-order valence-corrected chi connectivity index (χ4v) is 2.93. The van der Waals surface area contributed by atoms with Crippen molar-refractivity contribution in [3.8, 4) is 5.75 Å². The van der Waals surface area contributed by atoms with Crippen molar-refractivity contribution in [1.29, 1.82) is 0 Å². The number of anilines is 1. The molecule has 0 bridgehead atoms. The van der Waals surface area contributed by atoms with Crippen molar-refractivity contribution in [2.24, 2.45) is 5.41 Å². The molecule has 3 rings (SSSR count). The topological polar surface area (TPSA) is 67.4 Å². The summed E-state index contributed by atoms with van der Waals surface area (Å²) in [5, 5.41) is 5.78. The molecule has 2 N–H and O–H groups in total. The van der Waals surface area contributed by atoms with Gasteiger partial charge in [-0.25, -0.2) is 0 Å². The number of carbonyl (C=O) groups excluding carboxylic acids is 2. The monoisotopic (exact) mass is 352 g/mol. The van der Waals surface area contributed by atoms with Gasteiger partial charge >= 0.3 is 0 Å². The Morgan fingerprint density at radius 2 is 1.73 bits per heavy atom. The highest BCUT2D eigenvalue weighted by atomic mass is 16.5. The summed E-state index contributed by atoms with van der Waals surface area (Å²) in [6.45, 7) is 4.83. The van der Waals surface area contributed by atoms with Gasteiger partial charge in [-0.05, 0) is 49.9 Å². The molecule has 0 unspecified atom stereocenters. The lowest BCUT2D eigenvalue weighted by molar-refractivity contribution is -0.134. The summed E-state index contributed by atoms with van der Waals surface area (Å²) in [5.74, 6) is 0.124. The first kappa shape index (κ1) is 18.0. The summed E-state index contributed by atoms with van der Waals surface area (Å²) in [7, 11) is 0. The Morgan fingerprint density at radius 1 is 1.04 bits per heavy atom. The van der Waals surface area contributed by atoms with Crippen molar-refractivity contribution in [2.45, 2.75) is 33.2 Å². The fraction of sp³-hybridized carbons (Fsp3) is 0.333. The average Bonchev–Trinajstić information content (AvgIpc) is 3.45. The van der Waals surface area contributed by atoms with Gasteiger partial charge in [-0.2, -0.15) is 0 Å². The molecular weight excluding hydrogens is 328 g/mol. The van der Waals surface area contributed by atoms with Gasteiger partial charge < -0.3 is 15.4 Å². The number of benzene rings is 2. The van der Waals surface area contributed by atoms with Gasteiger partial charge in [0.15, 0.2) is 0 Å². The smallest absolute Gasteiger partial charge is 0.240 e. The Hall–Kier alpha value is -2.82. The summed E-state index contributed by atoms with van der Waals surface area (Å²) in [6.07, 6.45) is 1.13. The number of carbonyl (C=O) groups is 2. The minimum absolute atomic E-state index is 0.216. The van der Waals surface area contributed by atoms with Crippen molar-refractivity contribution >= 4 is 17.5 Å². The van der Waals surface area contributed by atoms with E-state index in [9.17, 15) is 9.59 Å². The predicted molar refractivity (Wildman–Crippen MR) is 101 cm³/mol. The molecule has 5 nitrogen and oxygen atoms in total. The van der Waals surface area contributed by atoms with Crippen molar-refractivity contribution < 1.29 is 14.3 Å². The van der Waals surface area contributed by atoms with Crippen LogP contribution in [0.3, 0.4) is 0 Å². The zero-order valence-corrected chi connectivity index (χ0v) is 15.2. The highest BCUT2D eigenvalue weighted by molar-refractivity contribution is 6.13. The summed E-state index contributed by atoms with van der Waals surface area (Å²) in [6, 6.07) is 15.2. The molecule has 0 aliphatic heterocycles. The highest BCUT2D eigenvalue weighted by Gasteiger charge is 2.56. The maximum atomic E-state index is 12.7. The van der Waals surface area contributed by atoms with Gasteiger partial charge in [-0.3, -0.25) is 9.59 Å². The number of para-hydroxylation sites is 2. The molecule has 2 aromatic carbocycles. The zero-order chi connectivity index (χ0) is 18.6. The lowest BCUT2D eigenvalue weighted by atomic mass is 10.0. The van der Waals surface area contributed by atoms with E-state index in [4.69, 9.17) is 4.74 Å². The molecule has 2 amide bonds. The number of hydrogen-bond donors (Lipinski definition) is 2. The minimum Gasteiger partial charge on any atom is -0.492 e. The van der Waals surface area contributed by atoms with Gasteiger partial charge in [-0.15, -0.1) is 0 Å². The highest BCUT2D eigenvalue weighted by Crippen LogP contribution is 2.47. The summed E-state index contributed by atoms with van der Waals surface area (Å²) >= 11 is 0. The van der Waals surface area contributed by atoms with E-state index in [0.29, 0.717) is 37.4 Å². The quantitative estimate of drug-likeness (QED) is 0.750. The third-order valence-electron chi connectivity index (χ3n) is 4.76. The van der Waals surface area contributed by atoms with Crippen molar-refractivity contribution in [3.63, 3.8) is 0 Å². The van der Waals surface area contributed by atoms with Crippen LogP contribution in [-0.2, 0) is 16.1 Å². The van der Waals surface area contributed by atoms with Crippen LogP contribution < -0.4 is 15.4 Å². The van der Waals surface area contributed by atoms with Crippen LogP contribution >= 0.6 is 0 Å². The molecule has 1 aliphatic rings. The first-order valence-corrected chi connectivity index (χ1v) is 8.93. The average molecular weight is 352 g/mol. The van der Waals surface area contributed by atoms with Crippen LogP contribution in [0.2, 0.25) is 0 Å². The third-order valence-corrected chi connectivity index (χ3v) is 4.76. The molecule has 0 aromatic heterocycles. The number of amides is 2. The molecular formula is C21H24N2O3. The maximum Gasteiger partial charge on any atom is 0.240 e. The van der Waals surface area contributed by atoms with Gasteiger partial charge in [0, 0.05) is 6.54 Å². The van der Waals surface area contributed by atoms with Crippen LogP contribution in [0, 0.1) is 12.3 Å². The van der Waals surface area contributed by atoms with Crippen LogP contribution in [0.5, 0.6) is 5.75 Å². The number of nitrogens with one attached hydrogen (secondary N) is 2. The lowest BCUT2D eigenvalue weighted by Crippen LogP contribution is -2.39. The molecule has 1 aliphatic carbocycles. The molecule has 0 saturated heterocycles. The van der Waals surface area contributed by atoms with Crippen LogP contribution in [0.1, 0.15) is 30.9 Å². The van der Waals surface area contributed by atoms with E-state index >= 15 is 0 Å². The summed E-state index contributed by atoms with van der Waals surface area (Å²) in [4.78, 5) is 25.4. The van der Waals surface area contributed by atoms with Crippen LogP contribution in [0.25, 0.3) is 0 Å². The molecule has 0 radical (unpaired) electrons. The fourth-order valence-electron chi connectivity index (χ4n) is 2.93. The first-order chi connectivity index (χ1) is 12.6. The van der Waals surface area contributed by atoms with Gasteiger partial charge in [0.05, 0.1) is 12.3 Å². The molecule has 0 spiro atoms. The Labute approximate surface area is 153 Å². The SMILES string of the molecule is CCOc1ccccc1NC(=O)C1(C(=O)NCc2ccccc2C)CC1.